The fourth-order valence-corrected chi connectivity index (χ4v) is 1.90. The molecule has 3 nitrogen and oxygen atoms in total. The highest BCUT2D eigenvalue weighted by Gasteiger charge is 2.17. The fraction of sp³-hybridized carbons (Fsp3) is 0.500. The van der Waals surface area contributed by atoms with Gasteiger partial charge in [-0.05, 0) is 19.3 Å². The van der Waals surface area contributed by atoms with Gasteiger partial charge in [-0.25, -0.2) is 4.98 Å². The molecule has 0 saturated heterocycles. The van der Waals surface area contributed by atoms with Gasteiger partial charge in [0.05, 0.1) is 5.69 Å². The van der Waals surface area contributed by atoms with Crippen LogP contribution in [0.5, 0.6) is 0 Å². The lowest BCUT2D eigenvalue weighted by atomic mass is 10.1. The predicted molar refractivity (Wildman–Crippen MR) is 45.6 cm³/mol. The third kappa shape index (κ3) is 1.05. The molecule has 12 heavy (non-hydrogen) atoms. The number of carbonyl (C=O) groups is 1. The fourth-order valence-electron chi connectivity index (χ4n) is 1.62. The Morgan fingerprint density at radius 2 is 2.33 bits per heavy atom. The first kappa shape index (κ1) is 7.80. The van der Waals surface area contributed by atoms with Crippen molar-refractivity contribution in [3.63, 3.8) is 0 Å². The summed E-state index contributed by atoms with van der Waals surface area (Å²) in [5.41, 5.74) is 1.02. The van der Waals surface area contributed by atoms with Crippen molar-refractivity contribution in [3.8, 4) is 0 Å². The van der Waals surface area contributed by atoms with Crippen LogP contribution in [0.25, 0.3) is 0 Å². The van der Waals surface area contributed by atoms with E-state index in [1.165, 1.54) is 0 Å². The molecule has 0 atom stereocenters. The summed E-state index contributed by atoms with van der Waals surface area (Å²) in [4.78, 5) is 14.5. The Labute approximate surface area is 75.4 Å². The van der Waals surface area contributed by atoms with Crippen LogP contribution >= 0.6 is 11.6 Å². The summed E-state index contributed by atoms with van der Waals surface area (Å²) < 4.78 is 1.92. The van der Waals surface area contributed by atoms with Crippen molar-refractivity contribution in [1.29, 1.82) is 0 Å². The van der Waals surface area contributed by atoms with Gasteiger partial charge in [-0.2, -0.15) is 0 Å². The van der Waals surface area contributed by atoms with Crippen LogP contribution in [0, 0.1) is 0 Å². The standard InChI is InChI=1S/C8H9ClN2O/c9-8-6-3-1-2-4-11(6)7(5-12)10-8/h5H,1-4H2. The molecule has 0 N–H and O–H groups in total. The molecule has 2 rings (SSSR count). The predicted octanol–water partition coefficient (Wildman–Crippen LogP) is 1.69. The lowest BCUT2D eigenvalue weighted by molar-refractivity contribution is 0.111. The number of halogens is 1. The molecule has 0 radical (unpaired) electrons. The Balaban J connectivity index is 2.53. The largest absolute Gasteiger partial charge is 0.324 e. The summed E-state index contributed by atoms with van der Waals surface area (Å²) in [6, 6.07) is 0. The molecular formula is C8H9ClN2O. The van der Waals surface area contributed by atoms with Gasteiger partial charge in [-0.1, -0.05) is 11.6 Å². The van der Waals surface area contributed by atoms with E-state index in [2.05, 4.69) is 4.98 Å². The van der Waals surface area contributed by atoms with E-state index in [0.29, 0.717) is 11.0 Å². The second-order valence-electron chi connectivity index (χ2n) is 2.93. The van der Waals surface area contributed by atoms with E-state index >= 15 is 0 Å². The quantitative estimate of drug-likeness (QED) is 0.623. The first-order valence-corrected chi connectivity index (χ1v) is 4.41. The topological polar surface area (TPSA) is 34.9 Å². The summed E-state index contributed by atoms with van der Waals surface area (Å²) in [7, 11) is 0. The molecule has 0 aromatic carbocycles. The first-order chi connectivity index (χ1) is 5.83. The highest BCUT2D eigenvalue weighted by atomic mass is 35.5. The highest BCUT2D eigenvalue weighted by molar-refractivity contribution is 6.30. The van der Waals surface area contributed by atoms with Gasteiger partial charge in [0, 0.05) is 6.54 Å². The van der Waals surface area contributed by atoms with E-state index in [4.69, 9.17) is 11.6 Å². The Hall–Kier alpha value is -0.830. The third-order valence-corrected chi connectivity index (χ3v) is 2.51. The Bertz CT molecular complexity index is 319. The second-order valence-corrected chi connectivity index (χ2v) is 3.29. The van der Waals surface area contributed by atoms with Gasteiger partial charge in [-0.3, -0.25) is 4.79 Å². The number of hydrogen-bond donors (Lipinski definition) is 0. The van der Waals surface area contributed by atoms with Gasteiger partial charge >= 0.3 is 0 Å². The molecule has 1 aromatic heterocycles. The first-order valence-electron chi connectivity index (χ1n) is 4.03. The van der Waals surface area contributed by atoms with Crippen molar-refractivity contribution in [2.45, 2.75) is 25.8 Å². The van der Waals surface area contributed by atoms with Crippen LogP contribution in [-0.4, -0.2) is 15.8 Å². The van der Waals surface area contributed by atoms with Crippen molar-refractivity contribution in [2.75, 3.05) is 0 Å². The monoisotopic (exact) mass is 184 g/mol. The zero-order valence-electron chi connectivity index (χ0n) is 6.59. The summed E-state index contributed by atoms with van der Waals surface area (Å²) in [6.45, 7) is 0.878. The van der Waals surface area contributed by atoms with Gasteiger partial charge < -0.3 is 4.57 Å². The average molecular weight is 185 g/mol. The molecule has 0 bridgehead atoms. The summed E-state index contributed by atoms with van der Waals surface area (Å²) >= 11 is 5.85. The maximum atomic E-state index is 10.5. The van der Waals surface area contributed by atoms with Crippen LogP contribution in [0.2, 0.25) is 5.15 Å². The minimum Gasteiger partial charge on any atom is -0.324 e. The van der Waals surface area contributed by atoms with Crippen LogP contribution in [0.1, 0.15) is 29.2 Å². The zero-order valence-corrected chi connectivity index (χ0v) is 7.34. The van der Waals surface area contributed by atoms with E-state index in [1.807, 2.05) is 4.57 Å². The molecule has 0 saturated carbocycles. The number of aromatic nitrogens is 2. The number of rotatable bonds is 1. The van der Waals surface area contributed by atoms with E-state index in [9.17, 15) is 4.79 Å². The maximum Gasteiger partial charge on any atom is 0.185 e. The minimum absolute atomic E-state index is 0.467. The molecule has 0 amide bonds. The Morgan fingerprint density at radius 1 is 1.50 bits per heavy atom. The molecular weight excluding hydrogens is 176 g/mol. The van der Waals surface area contributed by atoms with Crippen LogP contribution in [0.4, 0.5) is 0 Å². The molecule has 1 aliphatic heterocycles. The minimum atomic E-state index is 0.467. The van der Waals surface area contributed by atoms with Gasteiger partial charge in [0.1, 0.15) is 0 Å². The highest BCUT2D eigenvalue weighted by Crippen LogP contribution is 2.23. The lowest BCUT2D eigenvalue weighted by Gasteiger charge is -2.14. The number of fused-ring (bicyclic) bond motifs is 1. The number of aldehydes is 1. The van der Waals surface area contributed by atoms with E-state index in [-0.39, 0.29) is 0 Å². The third-order valence-electron chi connectivity index (χ3n) is 2.20. The average Bonchev–Trinajstić information content (AvgIpc) is 2.44. The SMILES string of the molecule is O=Cc1nc(Cl)c2n1CCCC2. The van der Waals surface area contributed by atoms with E-state index in [1.54, 1.807) is 0 Å². The van der Waals surface area contributed by atoms with Gasteiger partial charge in [-0.15, -0.1) is 0 Å². The van der Waals surface area contributed by atoms with Crippen LogP contribution in [0.3, 0.4) is 0 Å². The van der Waals surface area contributed by atoms with Crippen molar-refractivity contribution in [1.82, 2.24) is 9.55 Å². The summed E-state index contributed by atoms with van der Waals surface area (Å²) in [5, 5.41) is 0.497. The van der Waals surface area contributed by atoms with Gasteiger partial charge in [0.2, 0.25) is 0 Å². The van der Waals surface area contributed by atoms with Gasteiger partial charge in [0.15, 0.2) is 17.3 Å². The Morgan fingerprint density at radius 3 is 3.08 bits per heavy atom. The number of hydrogen-bond acceptors (Lipinski definition) is 2. The summed E-state index contributed by atoms with van der Waals surface area (Å²) in [6.07, 6.45) is 3.96. The zero-order chi connectivity index (χ0) is 8.55. The number of imidazole rings is 1. The molecule has 0 spiro atoms. The Kier molecular flexibility index (Phi) is 1.89. The number of nitrogens with zero attached hydrogens (tertiary/aromatic N) is 2. The molecule has 4 heteroatoms. The lowest BCUT2D eigenvalue weighted by Crippen LogP contribution is -2.12. The molecule has 0 unspecified atom stereocenters. The van der Waals surface area contributed by atoms with Crippen molar-refractivity contribution < 1.29 is 4.79 Å². The molecule has 0 fully saturated rings. The van der Waals surface area contributed by atoms with Crippen molar-refractivity contribution >= 4 is 17.9 Å². The summed E-state index contributed by atoms with van der Waals surface area (Å²) in [5.74, 6) is 0.467. The van der Waals surface area contributed by atoms with Crippen LogP contribution in [0.15, 0.2) is 0 Å². The second kappa shape index (κ2) is 2.90. The van der Waals surface area contributed by atoms with Crippen molar-refractivity contribution in [2.24, 2.45) is 0 Å². The maximum absolute atomic E-state index is 10.5. The molecule has 1 aromatic rings. The van der Waals surface area contributed by atoms with Crippen LogP contribution in [-0.2, 0) is 13.0 Å². The van der Waals surface area contributed by atoms with Crippen molar-refractivity contribution in [3.05, 3.63) is 16.7 Å². The van der Waals surface area contributed by atoms with Crippen LogP contribution < -0.4 is 0 Å². The van der Waals surface area contributed by atoms with Gasteiger partial charge in [0.25, 0.3) is 0 Å². The molecule has 0 aliphatic carbocycles. The molecule has 2 heterocycles. The molecule has 1 aliphatic rings. The molecule has 64 valence electrons. The number of carbonyl (C=O) groups excluding carboxylic acids is 1. The smallest absolute Gasteiger partial charge is 0.185 e. The normalized spacial score (nSPS) is 15.8. The van der Waals surface area contributed by atoms with E-state index < -0.39 is 0 Å². The van der Waals surface area contributed by atoms with E-state index in [0.717, 1.165) is 37.8 Å².